The van der Waals surface area contributed by atoms with Crippen LogP contribution in [0.5, 0.6) is 0 Å². The highest BCUT2D eigenvalue weighted by molar-refractivity contribution is 6.33. The number of nitrogens with two attached hydrogens (primary N) is 1. The van der Waals surface area contributed by atoms with Crippen LogP contribution < -0.4 is 11.1 Å². The van der Waals surface area contributed by atoms with Gasteiger partial charge in [0.15, 0.2) is 5.82 Å². The molecule has 0 unspecified atom stereocenters. The summed E-state index contributed by atoms with van der Waals surface area (Å²) in [7, 11) is 0. The highest BCUT2D eigenvalue weighted by Gasteiger charge is 2.11. The second-order valence-corrected chi connectivity index (χ2v) is 3.53. The van der Waals surface area contributed by atoms with Gasteiger partial charge in [0.05, 0.1) is 17.1 Å². The third kappa shape index (κ3) is 2.70. The topological polar surface area (TPSA) is 107 Å². The van der Waals surface area contributed by atoms with Gasteiger partial charge in [0.25, 0.3) is 5.91 Å². The molecular formula is C9H8ClN5O2. The van der Waals surface area contributed by atoms with Crippen LogP contribution in [0.3, 0.4) is 0 Å². The molecule has 0 radical (unpaired) electrons. The van der Waals surface area contributed by atoms with Crippen LogP contribution in [0, 0.1) is 0 Å². The van der Waals surface area contributed by atoms with E-state index < -0.39 is 0 Å². The summed E-state index contributed by atoms with van der Waals surface area (Å²) in [6, 6.07) is 1.40. The van der Waals surface area contributed by atoms with Crippen LogP contribution in [0.15, 0.2) is 23.2 Å². The predicted molar refractivity (Wildman–Crippen MR) is 59.1 cm³/mol. The van der Waals surface area contributed by atoms with Crippen LogP contribution in [0.25, 0.3) is 0 Å². The first-order valence-electron chi connectivity index (χ1n) is 4.61. The quantitative estimate of drug-likeness (QED) is 0.831. The smallest absolute Gasteiger partial charge is 0.253 e. The summed E-state index contributed by atoms with van der Waals surface area (Å²) in [5.41, 5.74) is 5.72. The van der Waals surface area contributed by atoms with Crippen molar-refractivity contribution in [3.63, 3.8) is 0 Å². The molecule has 7 nitrogen and oxygen atoms in total. The number of aromatic nitrogens is 3. The molecule has 3 N–H and O–H groups in total. The minimum Gasteiger partial charge on any atom is -0.384 e. The molecule has 0 aliphatic rings. The third-order valence-electron chi connectivity index (χ3n) is 1.94. The van der Waals surface area contributed by atoms with Gasteiger partial charge in [-0.2, -0.15) is 4.98 Å². The Labute approximate surface area is 101 Å². The Kier molecular flexibility index (Phi) is 3.20. The van der Waals surface area contributed by atoms with Gasteiger partial charge in [0, 0.05) is 6.20 Å². The Morgan fingerprint density at radius 1 is 1.53 bits per heavy atom. The summed E-state index contributed by atoms with van der Waals surface area (Å²) in [4.78, 5) is 19.3. The third-order valence-corrected chi connectivity index (χ3v) is 2.24. The normalized spacial score (nSPS) is 10.2. The van der Waals surface area contributed by atoms with Gasteiger partial charge < -0.3 is 15.6 Å². The summed E-state index contributed by atoms with van der Waals surface area (Å²) in [5, 5.41) is 6.36. The maximum absolute atomic E-state index is 11.7. The van der Waals surface area contributed by atoms with Crippen molar-refractivity contribution in [2.75, 3.05) is 5.73 Å². The van der Waals surface area contributed by atoms with E-state index in [4.69, 9.17) is 17.3 Å². The summed E-state index contributed by atoms with van der Waals surface area (Å²) >= 11 is 5.82. The van der Waals surface area contributed by atoms with Crippen LogP contribution in [0.2, 0.25) is 5.02 Å². The Hall–Kier alpha value is -2.15. The maximum Gasteiger partial charge on any atom is 0.253 e. The predicted octanol–water partition coefficient (Wildman–Crippen LogP) is 0.630. The van der Waals surface area contributed by atoms with Crippen LogP contribution in [-0.4, -0.2) is 21.0 Å². The lowest BCUT2D eigenvalue weighted by Gasteiger charge is -2.04. The monoisotopic (exact) mass is 253 g/mol. The average Bonchev–Trinajstić information content (AvgIpc) is 2.82. The van der Waals surface area contributed by atoms with Crippen molar-refractivity contribution in [1.29, 1.82) is 0 Å². The molecular weight excluding hydrogens is 246 g/mol. The molecule has 2 rings (SSSR count). The van der Waals surface area contributed by atoms with Crippen molar-refractivity contribution in [2.45, 2.75) is 6.54 Å². The van der Waals surface area contributed by atoms with E-state index in [1.54, 1.807) is 0 Å². The molecule has 0 aliphatic carbocycles. The fourth-order valence-corrected chi connectivity index (χ4v) is 1.34. The van der Waals surface area contributed by atoms with Crippen molar-refractivity contribution in [1.82, 2.24) is 20.4 Å². The Morgan fingerprint density at radius 2 is 2.35 bits per heavy atom. The summed E-state index contributed by atoms with van der Waals surface area (Å²) in [6.07, 6.45) is 2.50. The molecule has 0 aromatic carbocycles. The zero-order valence-corrected chi connectivity index (χ0v) is 9.31. The molecule has 1 amide bonds. The van der Waals surface area contributed by atoms with E-state index >= 15 is 0 Å². The van der Waals surface area contributed by atoms with E-state index in [0.29, 0.717) is 5.82 Å². The molecule has 0 bridgehead atoms. The molecule has 88 valence electrons. The van der Waals surface area contributed by atoms with Crippen molar-refractivity contribution >= 4 is 23.3 Å². The number of pyridine rings is 1. The first kappa shape index (κ1) is 11.3. The number of nitrogens with one attached hydrogen (secondary N) is 1. The van der Waals surface area contributed by atoms with E-state index in [0.717, 1.165) is 0 Å². The second kappa shape index (κ2) is 4.79. The lowest BCUT2D eigenvalue weighted by Crippen LogP contribution is -2.24. The summed E-state index contributed by atoms with van der Waals surface area (Å²) in [6.45, 7) is 0.147. The number of hydrogen-bond acceptors (Lipinski definition) is 6. The maximum atomic E-state index is 11.7. The largest absolute Gasteiger partial charge is 0.384 e. The van der Waals surface area contributed by atoms with Crippen molar-refractivity contribution in [3.8, 4) is 0 Å². The van der Waals surface area contributed by atoms with Gasteiger partial charge >= 0.3 is 0 Å². The van der Waals surface area contributed by atoms with Crippen LogP contribution >= 0.6 is 11.6 Å². The van der Waals surface area contributed by atoms with Crippen LogP contribution in [-0.2, 0) is 6.54 Å². The number of nitrogen functional groups attached to an aromatic ring is 1. The number of nitrogens with zero attached hydrogens (tertiary/aromatic N) is 3. The standard InChI is InChI=1S/C9H8ClN5O2/c10-6-2-12-7(11)1-5(6)9(16)13-3-8-14-4-17-15-8/h1-2,4H,3H2,(H2,11,12)(H,13,16). The SMILES string of the molecule is Nc1cc(C(=O)NCc2ncon2)c(Cl)cn1. The molecule has 2 aromatic heterocycles. The molecule has 0 saturated heterocycles. The zero-order chi connectivity index (χ0) is 12.3. The summed E-state index contributed by atoms with van der Waals surface area (Å²) < 4.78 is 4.53. The van der Waals surface area contributed by atoms with Gasteiger partial charge in [-0.15, -0.1) is 0 Å². The minimum atomic E-state index is -0.381. The molecule has 8 heteroatoms. The first-order chi connectivity index (χ1) is 8.16. The number of anilines is 1. The van der Waals surface area contributed by atoms with Gasteiger partial charge in [-0.3, -0.25) is 4.79 Å². The molecule has 0 atom stereocenters. The molecule has 0 saturated carbocycles. The van der Waals surface area contributed by atoms with E-state index in [1.807, 2.05) is 0 Å². The van der Waals surface area contributed by atoms with Gasteiger partial charge in [-0.05, 0) is 6.07 Å². The Balaban J connectivity index is 2.07. The van der Waals surface area contributed by atoms with E-state index in [2.05, 4.69) is 25.0 Å². The second-order valence-electron chi connectivity index (χ2n) is 3.12. The summed E-state index contributed by atoms with van der Waals surface area (Å²) in [5.74, 6) is 0.213. The van der Waals surface area contributed by atoms with Gasteiger partial charge in [0.2, 0.25) is 6.39 Å². The van der Waals surface area contributed by atoms with Crippen LogP contribution in [0.4, 0.5) is 5.82 Å². The number of hydrogen-bond donors (Lipinski definition) is 2. The Bertz CT molecular complexity index is 528. The molecule has 2 heterocycles. The fraction of sp³-hybridized carbons (Fsp3) is 0.111. The van der Waals surface area contributed by atoms with Gasteiger partial charge in [-0.25, -0.2) is 4.98 Å². The number of amides is 1. The number of halogens is 1. The van der Waals surface area contributed by atoms with E-state index in [9.17, 15) is 4.79 Å². The lowest BCUT2D eigenvalue weighted by atomic mass is 10.2. The van der Waals surface area contributed by atoms with E-state index in [1.165, 1.54) is 18.7 Å². The first-order valence-corrected chi connectivity index (χ1v) is 4.99. The minimum absolute atomic E-state index is 0.147. The molecule has 0 spiro atoms. The van der Waals surface area contributed by atoms with Gasteiger partial charge in [0.1, 0.15) is 5.82 Å². The number of rotatable bonds is 3. The average molecular weight is 254 g/mol. The number of carbonyl (C=O) groups excluding carboxylic acids is 1. The van der Waals surface area contributed by atoms with Crippen molar-refractivity contribution in [2.24, 2.45) is 0 Å². The fourth-order valence-electron chi connectivity index (χ4n) is 1.15. The Morgan fingerprint density at radius 3 is 3.06 bits per heavy atom. The zero-order valence-electron chi connectivity index (χ0n) is 8.55. The van der Waals surface area contributed by atoms with Crippen molar-refractivity contribution in [3.05, 3.63) is 35.1 Å². The number of carbonyl (C=O) groups is 1. The van der Waals surface area contributed by atoms with Crippen LogP contribution in [0.1, 0.15) is 16.2 Å². The lowest BCUT2D eigenvalue weighted by molar-refractivity contribution is 0.0949. The van der Waals surface area contributed by atoms with Crippen molar-refractivity contribution < 1.29 is 9.32 Å². The molecule has 0 aliphatic heterocycles. The molecule has 17 heavy (non-hydrogen) atoms. The molecule has 2 aromatic rings. The molecule has 0 fully saturated rings. The highest BCUT2D eigenvalue weighted by Crippen LogP contribution is 2.16. The van der Waals surface area contributed by atoms with Gasteiger partial charge in [-0.1, -0.05) is 16.8 Å². The van der Waals surface area contributed by atoms with E-state index in [-0.39, 0.29) is 28.9 Å². The highest BCUT2D eigenvalue weighted by atomic mass is 35.5.